The Morgan fingerprint density at radius 3 is 2.88 bits per heavy atom. The Kier molecular flexibility index (Phi) is 4.53. The van der Waals surface area contributed by atoms with Gasteiger partial charge in [-0.25, -0.2) is 9.78 Å². The molecule has 1 aromatic rings. The number of rotatable bonds is 5. The van der Waals surface area contributed by atoms with Crippen molar-refractivity contribution in [2.24, 2.45) is 0 Å². The van der Waals surface area contributed by atoms with Crippen LogP contribution in [0.1, 0.15) is 10.4 Å². The van der Waals surface area contributed by atoms with Crippen LogP contribution in [0.5, 0.6) is 0 Å². The summed E-state index contributed by atoms with van der Waals surface area (Å²) in [6.45, 7) is -0.200. The maximum Gasteiger partial charge on any atom is 0.334 e. The van der Waals surface area contributed by atoms with E-state index < -0.39 is 23.9 Å². The largest absolute Gasteiger partial charge is 0.479 e. The third-order valence-electron chi connectivity index (χ3n) is 2.00. The van der Waals surface area contributed by atoms with Gasteiger partial charge in [-0.15, -0.1) is 0 Å². The second-order valence-electron chi connectivity index (χ2n) is 3.14. The number of aromatic nitrogens is 1. The Morgan fingerprint density at radius 1 is 1.65 bits per heavy atom. The van der Waals surface area contributed by atoms with E-state index in [-0.39, 0.29) is 12.1 Å². The summed E-state index contributed by atoms with van der Waals surface area (Å²) < 4.78 is 17.3. The summed E-state index contributed by atoms with van der Waals surface area (Å²) in [5.41, 5.74) is 0.0674. The summed E-state index contributed by atoms with van der Waals surface area (Å²) in [6.07, 6.45) is 0.0144. The molecule has 7 heteroatoms. The number of hydrogen-bond donors (Lipinski definition) is 2. The number of nitrogens with zero attached hydrogens (tertiary/aromatic N) is 1. The quantitative estimate of drug-likeness (QED) is 0.712. The van der Waals surface area contributed by atoms with Gasteiger partial charge < -0.3 is 15.2 Å². The highest BCUT2D eigenvalue weighted by molar-refractivity contribution is 5.94. The SMILES string of the molecule is COC(CNC(=O)c1ccnc(F)c1)C(=O)O. The zero-order valence-electron chi connectivity index (χ0n) is 9.01. The molecule has 1 aromatic heterocycles. The van der Waals surface area contributed by atoms with Crippen LogP contribution in [0.2, 0.25) is 0 Å². The van der Waals surface area contributed by atoms with E-state index in [4.69, 9.17) is 5.11 Å². The van der Waals surface area contributed by atoms with Gasteiger partial charge in [0.05, 0.1) is 6.54 Å². The highest BCUT2D eigenvalue weighted by Crippen LogP contribution is 2.00. The molecule has 92 valence electrons. The number of aliphatic carboxylic acids is 1. The van der Waals surface area contributed by atoms with E-state index in [1.165, 1.54) is 13.2 Å². The maximum absolute atomic E-state index is 12.7. The van der Waals surface area contributed by atoms with E-state index >= 15 is 0 Å². The van der Waals surface area contributed by atoms with Crippen molar-refractivity contribution in [1.29, 1.82) is 0 Å². The van der Waals surface area contributed by atoms with Gasteiger partial charge in [0.15, 0.2) is 6.10 Å². The lowest BCUT2D eigenvalue weighted by Gasteiger charge is -2.11. The maximum atomic E-state index is 12.7. The molecule has 1 atom stereocenters. The van der Waals surface area contributed by atoms with Crippen LogP contribution in [0, 0.1) is 5.95 Å². The van der Waals surface area contributed by atoms with Crippen molar-refractivity contribution in [3.05, 3.63) is 29.8 Å². The minimum absolute atomic E-state index is 0.0674. The molecule has 0 spiro atoms. The first-order chi connectivity index (χ1) is 8.04. The van der Waals surface area contributed by atoms with Crippen LogP contribution in [0.25, 0.3) is 0 Å². The standard InChI is InChI=1S/C10H11FN2O4/c1-17-7(10(15)16)5-13-9(14)6-2-3-12-8(11)4-6/h2-4,7H,5H2,1H3,(H,13,14)(H,15,16). The summed E-state index contributed by atoms with van der Waals surface area (Å²) in [4.78, 5) is 25.4. The van der Waals surface area contributed by atoms with E-state index in [9.17, 15) is 14.0 Å². The number of nitrogens with one attached hydrogen (secondary N) is 1. The van der Waals surface area contributed by atoms with Crippen LogP contribution in [0.15, 0.2) is 18.3 Å². The van der Waals surface area contributed by atoms with Gasteiger partial charge in [0, 0.05) is 24.9 Å². The molecule has 0 bridgehead atoms. The second-order valence-corrected chi connectivity index (χ2v) is 3.14. The van der Waals surface area contributed by atoms with Crippen molar-refractivity contribution in [3.8, 4) is 0 Å². The highest BCUT2D eigenvalue weighted by atomic mass is 19.1. The van der Waals surface area contributed by atoms with E-state index in [1.54, 1.807) is 0 Å². The van der Waals surface area contributed by atoms with Crippen molar-refractivity contribution in [2.75, 3.05) is 13.7 Å². The first-order valence-corrected chi connectivity index (χ1v) is 4.70. The van der Waals surface area contributed by atoms with E-state index in [2.05, 4.69) is 15.0 Å². The molecule has 0 aliphatic heterocycles. The monoisotopic (exact) mass is 242 g/mol. The number of carboxylic acid groups (broad SMARTS) is 1. The molecule has 0 aromatic carbocycles. The Labute approximate surface area is 96.4 Å². The Morgan fingerprint density at radius 2 is 2.35 bits per heavy atom. The molecule has 6 nitrogen and oxygen atoms in total. The highest BCUT2D eigenvalue weighted by Gasteiger charge is 2.17. The fourth-order valence-electron chi connectivity index (χ4n) is 1.10. The van der Waals surface area contributed by atoms with Crippen LogP contribution in [0.4, 0.5) is 4.39 Å². The Bertz CT molecular complexity index is 425. The molecule has 0 aliphatic rings. The van der Waals surface area contributed by atoms with Gasteiger partial charge in [0.25, 0.3) is 5.91 Å². The number of hydrogen-bond acceptors (Lipinski definition) is 4. The Hall–Kier alpha value is -2.02. The molecule has 0 aliphatic carbocycles. The van der Waals surface area contributed by atoms with Gasteiger partial charge in [-0.3, -0.25) is 4.79 Å². The molecular weight excluding hydrogens is 231 g/mol. The number of ether oxygens (including phenoxy) is 1. The Balaban J connectivity index is 2.58. The predicted octanol–water partition coefficient (Wildman–Crippen LogP) is 0.0501. The summed E-state index contributed by atoms with van der Waals surface area (Å²) >= 11 is 0. The van der Waals surface area contributed by atoms with E-state index in [0.717, 1.165) is 12.3 Å². The topological polar surface area (TPSA) is 88.5 Å². The minimum atomic E-state index is -1.19. The van der Waals surface area contributed by atoms with Gasteiger partial charge in [0.2, 0.25) is 5.95 Å². The second kappa shape index (κ2) is 5.90. The van der Waals surface area contributed by atoms with Gasteiger partial charge in [0.1, 0.15) is 0 Å². The van der Waals surface area contributed by atoms with Crippen LogP contribution in [0.3, 0.4) is 0 Å². The van der Waals surface area contributed by atoms with E-state index in [0.29, 0.717) is 0 Å². The van der Waals surface area contributed by atoms with Crippen molar-refractivity contribution in [2.45, 2.75) is 6.10 Å². The first kappa shape index (κ1) is 13.0. The normalized spacial score (nSPS) is 11.9. The molecule has 17 heavy (non-hydrogen) atoms. The number of methoxy groups -OCH3 is 1. The average Bonchev–Trinajstić information content (AvgIpc) is 2.29. The number of carboxylic acids is 1. The third-order valence-corrected chi connectivity index (χ3v) is 2.00. The molecule has 0 saturated carbocycles. The van der Waals surface area contributed by atoms with Crippen LogP contribution < -0.4 is 5.32 Å². The fourth-order valence-corrected chi connectivity index (χ4v) is 1.10. The van der Waals surface area contributed by atoms with Gasteiger partial charge in [-0.05, 0) is 6.07 Å². The van der Waals surface area contributed by atoms with Crippen LogP contribution >= 0.6 is 0 Å². The summed E-state index contributed by atoms with van der Waals surface area (Å²) in [5.74, 6) is -2.55. The van der Waals surface area contributed by atoms with E-state index in [1.807, 2.05) is 0 Å². The molecule has 1 unspecified atom stereocenters. The summed E-state index contributed by atoms with van der Waals surface area (Å²) in [7, 11) is 1.22. The van der Waals surface area contributed by atoms with Gasteiger partial charge in [-0.2, -0.15) is 4.39 Å². The lowest BCUT2D eigenvalue weighted by Crippen LogP contribution is -2.37. The van der Waals surface area contributed by atoms with Gasteiger partial charge in [-0.1, -0.05) is 0 Å². The first-order valence-electron chi connectivity index (χ1n) is 4.70. The molecule has 0 fully saturated rings. The van der Waals surface area contributed by atoms with Crippen molar-refractivity contribution in [1.82, 2.24) is 10.3 Å². The number of carbonyl (C=O) groups is 2. The number of carbonyl (C=O) groups excluding carboxylic acids is 1. The molecule has 0 saturated heterocycles. The molecule has 2 N–H and O–H groups in total. The molecule has 1 rings (SSSR count). The average molecular weight is 242 g/mol. The van der Waals surface area contributed by atoms with Crippen molar-refractivity contribution < 1.29 is 23.8 Å². The summed E-state index contributed by atoms with van der Waals surface area (Å²) in [6, 6.07) is 2.28. The molecular formula is C10H11FN2O4. The van der Waals surface area contributed by atoms with Crippen LogP contribution in [-0.4, -0.2) is 41.7 Å². The zero-order valence-corrected chi connectivity index (χ0v) is 9.01. The zero-order chi connectivity index (χ0) is 12.8. The molecule has 1 amide bonds. The molecule has 0 radical (unpaired) electrons. The lowest BCUT2D eigenvalue weighted by atomic mass is 10.2. The van der Waals surface area contributed by atoms with Gasteiger partial charge >= 0.3 is 5.97 Å². The number of amides is 1. The smallest absolute Gasteiger partial charge is 0.334 e. The third kappa shape index (κ3) is 3.80. The number of pyridine rings is 1. The molecule has 1 heterocycles. The predicted molar refractivity (Wildman–Crippen MR) is 55.0 cm³/mol. The van der Waals surface area contributed by atoms with Crippen LogP contribution in [-0.2, 0) is 9.53 Å². The van der Waals surface area contributed by atoms with Crippen molar-refractivity contribution in [3.63, 3.8) is 0 Å². The minimum Gasteiger partial charge on any atom is -0.479 e. The number of halogens is 1. The summed E-state index contributed by atoms with van der Waals surface area (Å²) in [5, 5.41) is 11.0. The lowest BCUT2D eigenvalue weighted by molar-refractivity contribution is -0.148. The van der Waals surface area contributed by atoms with Crippen molar-refractivity contribution >= 4 is 11.9 Å². The fraction of sp³-hybridized carbons (Fsp3) is 0.300.